The van der Waals surface area contributed by atoms with Crippen LogP contribution in [-0.2, 0) is 11.2 Å². The van der Waals surface area contributed by atoms with Crippen LogP contribution >= 0.6 is 0 Å². The van der Waals surface area contributed by atoms with Crippen LogP contribution in [0.5, 0.6) is 11.5 Å². The summed E-state index contributed by atoms with van der Waals surface area (Å²) in [7, 11) is 1.48. The largest absolute Gasteiger partial charge is 0.488 e. The zero-order chi connectivity index (χ0) is 26.9. The molecule has 1 N–H and O–H groups in total. The number of aliphatic hydroxyl groups excluding tert-OH is 1. The van der Waals surface area contributed by atoms with Gasteiger partial charge in [0.05, 0.1) is 0 Å². The molecular formula is C32H56O4. The fraction of sp³-hybridized carbons (Fsp3) is 0.812. The predicted molar refractivity (Wildman–Crippen MR) is 151 cm³/mol. The highest BCUT2D eigenvalue weighted by molar-refractivity contribution is 5.59. The van der Waals surface area contributed by atoms with E-state index in [0.717, 1.165) is 65.2 Å². The second-order valence-electron chi connectivity index (χ2n) is 12.4. The minimum Gasteiger partial charge on any atom is -0.488 e. The molecule has 4 nitrogen and oxygen atoms in total. The molecular weight excluding hydrogens is 448 g/mol. The molecule has 0 saturated carbocycles. The molecule has 4 atom stereocenters. The Kier molecular flexibility index (Phi) is 12.6. The van der Waals surface area contributed by atoms with Crippen LogP contribution in [0, 0.1) is 38.5 Å². The van der Waals surface area contributed by atoms with Crippen LogP contribution in [0.4, 0.5) is 0 Å². The van der Waals surface area contributed by atoms with Gasteiger partial charge in [0.15, 0.2) is 6.29 Å². The van der Waals surface area contributed by atoms with Gasteiger partial charge in [0, 0.05) is 12.7 Å². The van der Waals surface area contributed by atoms with Crippen molar-refractivity contribution in [2.75, 3.05) is 13.7 Å². The third kappa shape index (κ3) is 9.24. The number of fused-ring (bicyclic) bond motifs is 1. The van der Waals surface area contributed by atoms with Crippen molar-refractivity contribution in [3.8, 4) is 11.5 Å². The van der Waals surface area contributed by atoms with Gasteiger partial charge in [-0.15, -0.1) is 0 Å². The summed E-state index contributed by atoms with van der Waals surface area (Å²) in [5.41, 5.74) is 4.53. The number of hydrogen-bond acceptors (Lipinski definition) is 4. The lowest BCUT2D eigenvalue weighted by molar-refractivity contribution is -0.0969. The molecule has 0 saturated heterocycles. The molecule has 0 amide bonds. The Balaban J connectivity index is 1.83. The first kappa shape index (κ1) is 31.0. The average molecular weight is 505 g/mol. The second-order valence-corrected chi connectivity index (χ2v) is 12.4. The first-order chi connectivity index (χ1) is 17.0. The molecule has 4 heteroatoms. The standard InChI is InChI=1S/C32H56O4/c1-22(2)13-10-14-23(3)15-11-16-24(4)17-12-19-32(8)20-18-28-27(7)30(35-21-29(33)34-9)25(5)26(6)31(28)36-32/h22-24,29,33H,10-21H2,1-9H3/t23-,24-,29?,32-/m1/s1. The Labute approximate surface area is 222 Å². The van der Waals surface area contributed by atoms with E-state index in [-0.39, 0.29) is 12.2 Å². The summed E-state index contributed by atoms with van der Waals surface area (Å²) in [4.78, 5) is 0. The van der Waals surface area contributed by atoms with Gasteiger partial charge in [0.2, 0.25) is 0 Å². The Hall–Kier alpha value is -1.26. The molecule has 0 fully saturated rings. The number of benzene rings is 1. The van der Waals surface area contributed by atoms with E-state index < -0.39 is 6.29 Å². The smallest absolute Gasteiger partial charge is 0.188 e. The lowest BCUT2D eigenvalue weighted by Crippen LogP contribution is -2.37. The summed E-state index contributed by atoms with van der Waals surface area (Å²) in [5, 5.41) is 9.75. The summed E-state index contributed by atoms with van der Waals surface area (Å²) in [6.45, 7) is 18.3. The number of hydrogen-bond donors (Lipinski definition) is 1. The fourth-order valence-electron chi connectivity index (χ4n) is 5.70. The molecule has 0 bridgehead atoms. The van der Waals surface area contributed by atoms with Crippen molar-refractivity contribution in [1.29, 1.82) is 0 Å². The van der Waals surface area contributed by atoms with Gasteiger partial charge in [-0.3, -0.25) is 0 Å². The van der Waals surface area contributed by atoms with Gasteiger partial charge < -0.3 is 19.3 Å². The minimum absolute atomic E-state index is 0.101. The first-order valence-electron chi connectivity index (χ1n) is 14.6. The van der Waals surface area contributed by atoms with Crippen molar-refractivity contribution < 1.29 is 19.3 Å². The van der Waals surface area contributed by atoms with Crippen LogP contribution in [0.1, 0.15) is 121 Å². The summed E-state index contributed by atoms with van der Waals surface area (Å²) >= 11 is 0. The molecule has 1 aliphatic heterocycles. The van der Waals surface area contributed by atoms with Gasteiger partial charge in [0.25, 0.3) is 0 Å². The van der Waals surface area contributed by atoms with E-state index >= 15 is 0 Å². The third-order valence-corrected chi connectivity index (χ3v) is 8.48. The van der Waals surface area contributed by atoms with Crippen LogP contribution in [0.3, 0.4) is 0 Å². The van der Waals surface area contributed by atoms with Gasteiger partial charge in [0.1, 0.15) is 23.7 Å². The molecule has 1 heterocycles. The summed E-state index contributed by atoms with van der Waals surface area (Å²) < 4.78 is 17.6. The van der Waals surface area contributed by atoms with Crippen molar-refractivity contribution in [3.63, 3.8) is 0 Å². The molecule has 36 heavy (non-hydrogen) atoms. The summed E-state index contributed by atoms with van der Waals surface area (Å²) in [5.74, 6) is 4.41. The molecule has 0 radical (unpaired) electrons. The monoisotopic (exact) mass is 504 g/mol. The molecule has 0 aromatic heterocycles. The molecule has 1 unspecified atom stereocenters. The lowest BCUT2D eigenvalue weighted by Gasteiger charge is -2.38. The minimum atomic E-state index is -0.916. The van der Waals surface area contributed by atoms with Crippen LogP contribution in [-0.4, -0.2) is 30.7 Å². The van der Waals surface area contributed by atoms with Crippen LogP contribution in [0.2, 0.25) is 0 Å². The first-order valence-corrected chi connectivity index (χ1v) is 14.6. The predicted octanol–water partition coefficient (Wildman–Crippen LogP) is 8.48. The average Bonchev–Trinajstić information content (AvgIpc) is 2.82. The zero-order valence-corrected chi connectivity index (χ0v) is 25.0. The van der Waals surface area contributed by atoms with E-state index in [9.17, 15) is 5.11 Å². The number of ether oxygens (including phenoxy) is 3. The van der Waals surface area contributed by atoms with E-state index in [4.69, 9.17) is 14.2 Å². The van der Waals surface area contributed by atoms with Gasteiger partial charge in [-0.05, 0) is 87.8 Å². The van der Waals surface area contributed by atoms with Gasteiger partial charge in [-0.2, -0.15) is 0 Å². The van der Waals surface area contributed by atoms with E-state index in [1.165, 1.54) is 64.0 Å². The number of aliphatic hydroxyl groups is 1. The fourth-order valence-corrected chi connectivity index (χ4v) is 5.70. The van der Waals surface area contributed by atoms with Crippen molar-refractivity contribution in [2.24, 2.45) is 17.8 Å². The van der Waals surface area contributed by atoms with Crippen molar-refractivity contribution >= 4 is 0 Å². The van der Waals surface area contributed by atoms with E-state index in [1.54, 1.807) is 0 Å². The number of rotatable bonds is 16. The normalized spacial score (nSPS) is 20.1. The SMILES string of the molecule is COC(O)COc1c(C)c(C)c2c(c1C)CC[C@@](C)(CCC[C@H](C)CCC[C@H](C)CCCC(C)C)O2. The highest BCUT2D eigenvalue weighted by atomic mass is 16.6. The van der Waals surface area contributed by atoms with Crippen molar-refractivity contribution in [1.82, 2.24) is 0 Å². The third-order valence-electron chi connectivity index (χ3n) is 8.48. The Bertz CT molecular complexity index is 802. The van der Waals surface area contributed by atoms with Gasteiger partial charge in [-0.25, -0.2) is 0 Å². The maximum atomic E-state index is 9.75. The summed E-state index contributed by atoms with van der Waals surface area (Å²) in [6, 6.07) is 0. The molecule has 2 rings (SSSR count). The Morgan fingerprint density at radius 1 is 0.861 bits per heavy atom. The van der Waals surface area contributed by atoms with Crippen LogP contribution in [0.25, 0.3) is 0 Å². The highest BCUT2D eigenvalue weighted by Gasteiger charge is 2.34. The molecule has 0 aliphatic carbocycles. The van der Waals surface area contributed by atoms with Crippen molar-refractivity contribution in [2.45, 2.75) is 138 Å². The lowest BCUT2D eigenvalue weighted by atomic mass is 9.83. The molecule has 1 aromatic carbocycles. The van der Waals surface area contributed by atoms with Crippen molar-refractivity contribution in [3.05, 3.63) is 22.3 Å². The maximum Gasteiger partial charge on any atom is 0.188 e. The van der Waals surface area contributed by atoms with E-state index in [1.807, 2.05) is 0 Å². The molecule has 0 spiro atoms. The molecule has 1 aliphatic rings. The Morgan fingerprint density at radius 3 is 2.03 bits per heavy atom. The van der Waals surface area contributed by atoms with Crippen LogP contribution < -0.4 is 9.47 Å². The maximum absolute atomic E-state index is 9.75. The summed E-state index contributed by atoms with van der Waals surface area (Å²) in [6.07, 6.45) is 13.0. The quantitative estimate of drug-likeness (QED) is 0.229. The van der Waals surface area contributed by atoms with Crippen LogP contribution in [0.15, 0.2) is 0 Å². The topological polar surface area (TPSA) is 47.9 Å². The second kappa shape index (κ2) is 14.6. The Morgan fingerprint density at radius 2 is 1.44 bits per heavy atom. The highest BCUT2D eigenvalue weighted by Crippen LogP contribution is 2.45. The van der Waals surface area contributed by atoms with E-state index in [0.29, 0.717) is 0 Å². The van der Waals surface area contributed by atoms with E-state index in [2.05, 4.69) is 55.4 Å². The number of methoxy groups -OCH3 is 1. The molecule has 1 aromatic rings. The molecule has 208 valence electrons. The van der Waals surface area contributed by atoms with Gasteiger partial charge >= 0.3 is 0 Å². The van der Waals surface area contributed by atoms with Gasteiger partial charge in [-0.1, -0.05) is 72.6 Å². The zero-order valence-electron chi connectivity index (χ0n) is 25.0.